The Morgan fingerprint density at radius 1 is 1.33 bits per heavy atom. The first-order valence-corrected chi connectivity index (χ1v) is 8.68. The molecule has 24 heavy (non-hydrogen) atoms. The molecule has 0 unspecified atom stereocenters. The van der Waals surface area contributed by atoms with E-state index in [1.165, 1.54) is 12.5 Å². The zero-order valence-electron chi connectivity index (χ0n) is 15.4. The fourth-order valence-corrected chi connectivity index (χ4v) is 3.64. The Hall–Kier alpha value is -1.86. The van der Waals surface area contributed by atoms with Gasteiger partial charge in [0.25, 0.3) is 0 Å². The summed E-state index contributed by atoms with van der Waals surface area (Å²) in [6, 6.07) is 8.06. The predicted octanol–water partition coefficient (Wildman–Crippen LogP) is 4.19. The number of carbonyl (C=O) groups is 1. The van der Waals surface area contributed by atoms with Gasteiger partial charge in [-0.3, -0.25) is 9.69 Å². The van der Waals surface area contributed by atoms with E-state index < -0.39 is 0 Å². The van der Waals surface area contributed by atoms with Crippen LogP contribution in [0.15, 0.2) is 24.3 Å². The first-order chi connectivity index (χ1) is 11.3. The second kappa shape index (κ2) is 7.36. The smallest absolute Gasteiger partial charge is 0.221 e. The van der Waals surface area contributed by atoms with E-state index in [0.717, 1.165) is 38.2 Å². The second-order valence-electron chi connectivity index (χ2n) is 8.00. The van der Waals surface area contributed by atoms with Gasteiger partial charge in [0.05, 0.1) is 0 Å². The van der Waals surface area contributed by atoms with Crippen LogP contribution in [0.2, 0.25) is 0 Å². The first-order valence-electron chi connectivity index (χ1n) is 8.68. The van der Waals surface area contributed by atoms with Gasteiger partial charge < -0.3 is 10.2 Å². The maximum Gasteiger partial charge on any atom is 0.221 e. The van der Waals surface area contributed by atoms with Crippen LogP contribution in [0.4, 0.5) is 5.69 Å². The summed E-state index contributed by atoms with van der Waals surface area (Å²) in [5, 5.41) is 2.84. The highest BCUT2D eigenvalue weighted by Crippen LogP contribution is 2.47. The minimum atomic E-state index is -0.0424. The molecule has 0 spiro atoms. The minimum Gasteiger partial charge on any atom is -0.326 e. The van der Waals surface area contributed by atoms with Crippen LogP contribution in [-0.2, 0) is 11.3 Å². The fraction of sp³-hybridized carbons (Fsp3) is 0.600. The van der Waals surface area contributed by atoms with Gasteiger partial charge in [0.2, 0.25) is 12.5 Å². The third kappa shape index (κ3) is 4.36. The van der Waals surface area contributed by atoms with Crippen molar-refractivity contribution in [1.82, 2.24) is 4.90 Å². The van der Waals surface area contributed by atoms with Crippen LogP contribution < -0.4 is 5.32 Å². The third-order valence-corrected chi connectivity index (χ3v) is 5.44. The maximum absolute atomic E-state index is 11.2. The zero-order valence-corrected chi connectivity index (χ0v) is 15.4. The lowest BCUT2D eigenvalue weighted by molar-refractivity contribution is -0.114. The summed E-state index contributed by atoms with van der Waals surface area (Å²) in [5.41, 5.74) is 2.36. The van der Waals surface area contributed by atoms with Crippen molar-refractivity contribution in [3.8, 4) is 0 Å². The standard InChI is InChI=1S/C20H29N3O/c1-16(24)22-18-8-6-7-17(13-18)14-23-11-9-20(10-12-23,15-21-5)19(2,3)4/h6-8,13H,9-12,14-15H2,1-4H3,(H,22,24). The highest BCUT2D eigenvalue weighted by Gasteiger charge is 2.46. The molecule has 1 aromatic carbocycles. The number of nitrogens with one attached hydrogen (secondary N) is 1. The summed E-state index contributed by atoms with van der Waals surface area (Å²) in [7, 11) is 0. The van der Waals surface area contributed by atoms with Crippen LogP contribution in [0, 0.1) is 17.4 Å². The lowest BCUT2D eigenvalue weighted by atomic mass is 9.61. The number of carbonyl (C=O) groups excluding carboxylic acids is 1. The summed E-state index contributed by atoms with van der Waals surface area (Å²) in [6.45, 7) is 19.2. The van der Waals surface area contributed by atoms with Crippen molar-refractivity contribution < 1.29 is 4.79 Å². The minimum absolute atomic E-state index is 0.0424. The van der Waals surface area contributed by atoms with E-state index >= 15 is 0 Å². The molecule has 1 N–H and O–H groups in total. The number of hydrogen-bond acceptors (Lipinski definition) is 2. The molecule has 1 aliphatic heterocycles. The van der Waals surface area contributed by atoms with Crippen LogP contribution in [0.3, 0.4) is 0 Å². The van der Waals surface area contributed by atoms with Gasteiger partial charge in [0.1, 0.15) is 0 Å². The number of hydrogen-bond donors (Lipinski definition) is 1. The monoisotopic (exact) mass is 327 g/mol. The van der Waals surface area contributed by atoms with Crippen LogP contribution in [0.25, 0.3) is 4.85 Å². The normalized spacial score (nSPS) is 18.0. The Labute approximate surface area is 146 Å². The molecule has 0 atom stereocenters. The molecule has 0 radical (unpaired) electrons. The largest absolute Gasteiger partial charge is 0.326 e. The molecule has 0 saturated carbocycles. The molecule has 1 heterocycles. The molecule has 0 bridgehead atoms. The van der Waals surface area contributed by atoms with E-state index in [9.17, 15) is 4.79 Å². The molecule has 1 fully saturated rings. The third-order valence-electron chi connectivity index (χ3n) is 5.44. The Morgan fingerprint density at radius 3 is 2.54 bits per heavy atom. The molecule has 130 valence electrons. The molecule has 4 heteroatoms. The molecule has 1 amide bonds. The van der Waals surface area contributed by atoms with Gasteiger partial charge in [-0.1, -0.05) is 32.9 Å². The molecule has 4 nitrogen and oxygen atoms in total. The highest BCUT2D eigenvalue weighted by molar-refractivity contribution is 5.88. The number of anilines is 1. The number of amides is 1. The maximum atomic E-state index is 11.2. The van der Waals surface area contributed by atoms with Gasteiger partial charge in [-0.2, -0.15) is 0 Å². The van der Waals surface area contributed by atoms with E-state index in [1.807, 2.05) is 18.2 Å². The van der Waals surface area contributed by atoms with Gasteiger partial charge in [-0.15, -0.1) is 0 Å². The topological polar surface area (TPSA) is 36.7 Å². The number of likely N-dealkylation sites (tertiary alicyclic amines) is 1. The lowest BCUT2D eigenvalue weighted by Crippen LogP contribution is -2.47. The molecule has 2 rings (SSSR count). The number of rotatable bonds is 4. The average Bonchev–Trinajstić information content (AvgIpc) is 2.48. The fourth-order valence-electron chi connectivity index (χ4n) is 3.64. The van der Waals surface area contributed by atoms with Crippen molar-refractivity contribution in [3.05, 3.63) is 41.2 Å². The quantitative estimate of drug-likeness (QED) is 0.842. The van der Waals surface area contributed by atoms with E-state index in [0.29, 0.717) is 6.54 Å². The van der Waals surface area contributed by atoms with E-state index in [1.54, 1.807) is 0 Å². The number of piperidine rings is 1. The molecule has 0 aromatic heterocycles. The van der Waals surface area contributed by atoms with Crippen molar-refractivity contribution in [3.63, 3.8) is 0 Å². The van der Waals surface area contributed by atoms with Crippen molar-refractivity contribution in [2.75, 3.05) is 25.0 Å². The average molecular weight is 327 g/mol. The van der Waals surface area contributed by atoms with Crippen LogP contribution in [0.1, 0.15) is 46.1 Å². The summed E-state index contributed by atoms with van der Waals surface area (Å²) in [6.07, 6.45) is 2.15. The van der Waals surface area contributed by atoms with Gasteiger partial charge in [0, 0.05) is 24.6 Å². The van der Waals surface area contributed by atoms with Gasteiger partial charge in [0.15, 0.2) is 0 Å². The van der Waals surface area contributed by atoms with E-state index in [2.05, 4.69) is 41.9 Å². The lowest BCUT2D eigenvalue weighted by Gasteiger charge is -2.46. The second-order valence-corrected chi connectivity index (χ2v) is 8.00. The van der Waals surface area contributed by atoms with Gasteiger partial charge in [-0.05, 0) is 49.0 Å². The summed E-state index contributed by atoms with van der Waals surface area (Å²) in [5.74, 6) is -0.0424. The Bertz CT molecular complexity index is 617. The number of nitrogens with zero attached hydrogens (tertiary/aromatic N) is 2. The van der Waals surface area contributed by atoms with Gasteiger partial charge in [-0.25, -0.2) is 6.57 Å². The Balaban J connectivity index is 2.00. The van der Waals surface area contributed by atoms with E-state index in [-0.39, 0.29) is 16.7 Å². The molecule has 1 saturated heterocycles. The van der Waals surface area contributed by atoms with E-state index in [4.69, 9.17) is 6.57 Å². The summed E-state index contributed by atoms with van der Waals surface area (Å²) >= 11 is 0. The highest BCUT2D eigenvalue weighted by atomic mass is 16.1. The molecule has 1 aromatic rings. The Morgan fingerprint density at radius 2 is 2.00 bits per heavy atom. The van der Waals surface area contributed by atoms with Crippen molar-refractivity contribution in [1.29, 1.82) is 0 Å². The van der Waals surface area contributed by atoms with Gasteiger partial charge >= 0.3 is 0 Å². The van der Waals surface area contributed by atoms with Crippen molar-refractivity contribution >= 4 is 11.6 Å². The van der Waals surface area contributed by atoms with Crippen molar-refractivity contribution in [2.24, 2.45) is 10.8 Å². The van der Waals surface area contributed by atoms with Crippen LogP contribution >= 0.6 is 0 Å². The summed E-state index contributed by atoms with van der Waals surface area (Å²) in [4.78, 5) is 17.4. The van der Waals surface area contributed by atoms with Crippen molar-refractivity contribution in [2.45, 2.75) is 47.1 Å². The predicted molar refractivity (Wildman–Crippen MR) is 98.6 cm³/mol. The molecular weight excluding hydrogens is 298 g/mol. The molecule has 1 aliphatic rings. The summed E-state index contributed by atoms with van der Waals surface area (Å²) < 4.78 is 0. The molecular formula is C20H29N3O. The zero-order chi connectivity index (χ0) is 17.8. The Kier molecular flexibility index (Phi) is 5.66. The first kappa shape index (κ1) is 18.5. The SMILES string of the molecule is [C-]#[N+]CC1(C(C)(C)C)CCN(Cc2cccc(NC(C)=O)c2)CC1. The number of benzene rings is 1. The van der Waals surface area contributed by atoms with Crippen LogP contribution in [0.5, 0.6) is 0 Å². The molecule has 0 aliphatic carbocycles. The van der Waals surface area contributed by atoms with Crippen LogP contribution in [-0.4, -0.2) is 30.4 Å².